The van der Waals surface area contributed by atoms with E-state index in [9.17, 15) is 4.79 Å². The van der Waals surface area contributed by atoms with Crippen molar-refractivity contribution in [3.05, 3.63) is 0 Å². The number of ether oxygens (including phenoxy) is 1. The minimum atomic E-state index is -0.181. The largest absolute Gasteiger partial charge is 0.468 e. The molecule has 0 unspecified atom stereocenters. The summed E-state index contributed by atoms with van der Waals surface area (Å²) in [6, 6.07) is 0. The van der Waals surface area contributed by atoms with E-state index in [1.165, 1.54) is 32.8 Å². The highest BCUT2D eigenvalue weighted by Gasteiger charge is 2.32. The summed E-state index contributed by atoms with van der Waals surface area (Å²) in [5.41, 5.74) is 0. The molecule has 0 amide bonds. The Bertz CT molecular complexity index is 191. The second kappa shape index (κ2) is 5.61. The zero-order chi connectivity index (χ0) is 10.4. The molecular weight excluding hydrogens is 198 g/mol. The van der Waals surface area contributed by atoms with Gasteiger partial charge in [-0.15, -0.1) is 0 Å². The third kappa shape index (κ3) is 3.17. The number of rotatable bonds is 5. The molecule has 1 aliphatic rings. The fourth-order valence-electron chi connectivity index (χ4n) is 1.94. The molecule has 1 aliphatic carbocycles. The number of carbonyl (C=O) groups excluding carboxylic acids is 1. The molecule has 0 aromatic heterocycles. The average Bonchev–Trinajstić information content (AvgIpc) is 2.67. The minimum Gasteiger partial charge on any atom is -0.468 e. The van der Waals surface area contributed by atoms with Gasteiger partial charge in [0.15, 0.2) is 0 Å². The van der Waals surface area contributed by atoms with Gasteiger partial charge in [-0.05, 0) is 19.1 Å². The Kier molecular flexibility index (Phi) is 4.75. The maximum Gasteiger partial charge on any atom is 0.319 e. The van der Waals surface area contributed by atoms with Gasteiger partial charge in [0.25, 0.3) is 0 Å². The molecule has 14 heavy (non-hydrogen) atoms. The molecule has 3 nitrogen and oxygen atoms in total. The van der Waals surface area contributed by atoms with E-state index in [-0.39, 0.29) is 5.97 Å². The Hall–Kier alpha value is -0.220. The van der Waals surface area contributed by atoms with Crippen LogP contribution in [0.25, 0.3) is 0 Å². The molecule has 1 fully saturated rings. The van der Waals surface area contributed by atoms with E-state index in [1.807, 2.05) is 11.8 Å². The van der Waals surface area contributed by atoms with Crippen molar-refractivity contribution in [2.45, 2.75) is 30.4 Å². The van der Waals surface area contributed by atoms with Gasteiger partial charge in [-0.3, -0.25) is 4.79 Å². The van der Waals surface area contributed by atoms with Crippen molar-refractivity contribution in [1.29, 1.82) is 0 Å². The fraction of sp³-hybridized carbons (Fsp3) is 0.900. The molecule has 0 bridgehead atoms. The third-order valence-electron chi connectivity index (χ3n) is 2.89. The summed E-state index contributed by atoms with van der Waals surface area (Å²) < 4.78 is 4.94. The van der Waals surface area contributed by atoms with E-state index in [4.69, 9.17) is 0 Å². The lowest BCUT2D eigenvalue weighted by Gasteiger charge is -2.26. The van der Waals surface area contributed by atoms with Gasteiger partial charge in [-0.25, -0.2) is 0 Å². The summed E-state index contributed by atoms with van der Waals surface area (Å²) in [6.07, 6.45) is 7.33. The first kappa shape index (κ1) is 11.9. The van der Waals surface area contributed by atoms with E-state index in [1.54, 1.807) is 0 Å². The number of esters is 1. The molecule has 1 saturated carbocycles. The molecule has 1 N–H and O–H groups in total. The van der Waals surface area contributed by atoms with Gasteiger partial charge < -0.3 is 10.1 Å². The minimum absolute atomic E-state index is 0.181. The molecule has 0 aromatic rings. The lowest BCUT2D eigenvalue weighted by molar-refractivity contribution is -0.139. The SMILES string of the molecule is COC(=O)CNCC1(SC)CCCC1. The van der Waals surface area contributed by atoms with Crippen molar-refractivity contribution >= 4 is 17.7 Å². The number of carbonyl (C=O) groups is 1. The Balaban J connectivity index is 2.24. The van der Waals surface area contributed by atoms with Gasteiger partial charge in [0.05, 0.1) is 13.7 Å². The standard InChI is InChI=1S/C10H19NO2S/c1-13-9(12)7-11-8-10(14-2)5-3-4-6-10/h11H,3-8H2,1-2H3. The second-order valence-corrected chi connectivity index (χ2v) is 5.05. The summed E-state index contributed by atoms with van der Waals surface area (Å²) in [5.74, 6) is -0.181. The Morgan fingerprint density at radius 3 is 2.64 bits per heavy atom. The van der Waals surface area contributed by atoms with Crippen LogP contribution in [-0.4, -0.2) is 37.2 Å². The zero-order valence-corrected chi connectivity index (χ0v) is 9.78. The van der Waals surface area contributed by atoms with Crippen molar-refractivity contribution in [3.8, 4) is 0 Å². The lowest BCUT2D eigenvalue weighted by atomic mass is 10.1. The molecule has 0 saturated heterocycles. The van der Waals surface area contributed by atoms with Crippen LogP contribution in [0, 0.1) is 0 Å². The fourth-order valence-corrected chi connectivity index (χ4v) is 2.88. The molecule has 0 heterocycles. The second-order valence-electron chi connectivity index (χ2n) is 3.77. The average molecular weight is 217 g/mol. The molecular formula is C10H19NO2S. The van der Waals surface area contributed by atoms with Crippen LogP contribution in [0.3, 0.4) is 0 Å². The van der Waals surface area contributed by atoms with E-state index in [0.29, 0.717) is 11.3 Å². The van der Waals surface area contributed by atoms with E-state index in [0.717, 1.165) is 6.54 Å². The van der Waals surface area contributed by atoms with Gasteiger partial charge >= 0.3 is 5.97 Å². The summed E-state index contributed by atoms with van der Waals surface area (Å²) in [4.78, 5) is 10.9. The van der Waals surface area contributed by atoms with Crippen molar-refractivity contribution in [1.82, 2.24) is 5.32 Å². The summed E-state index contributed by atoms with van der Waals surface area (Å²) in [5, 5.41) is 3.17. The van der Waals surface area contributed by atoms with Gasteiger partial charge in [0.2, 0.25) is 0 Å². The van der Waals surface area contributed by atoms with Gasteiger partial charge in [0.1, 0.15) is 0 Å². The van der Waals surface area contributed by atoms with Crippen LogP contribution in [0.15, 0.2) is 0 Å². The summed E-state index contributed by atoms with van der Waals surface area (Å²) >= 11 is 1.92. The maximum absolute atomic E-state index is 10.9. The van der Waals surface area contributed by atoms with E-state index < -0.39 is 0 Å². The maximum atomic E-state index is 10.9. The topological polar surface area (TPSA) is 38.3 Å². The van der Waals surface area contributed by atoms with Crippen LogP contribution in [0.4, 0.5) is 0 Å². The number of hydrogen-bond acceptors (Lipinski definition) is 4. The molecule has 82 valence electrons. The van der Waals surface area contributed by atoms with Crippen molar-refractivity contribution in [3.63, 3.8) is 0 Å². The first-order chi connectivity index (χ1) is 6.72. The highest BCUT2D eigenvalue weighted by atomic mass is 32.2. The molecule has 0 spiro atoms. The van der Waals surface area contributed by atoms with Crippen LogP contribution in [-0.2, 0) is 9.53 Å². The lowest BCUT2D eigenvalue weighted by Crippen LogP contribution is -2.37. The van der Waals surface area contributed by atoms with Gasteiger partial charge in [0, 0.05) is 11.3 Å². The molecule has 0 aliphatic heterocycles. The summed E-state index contributed by atoms with van der Waals surface area (Å²) in [6.45, 7) is 1.25. The Labute approximate surface area is 90.0 Å². The Morgan fingerprint density at radius 2 is 2.14 bits per heavy atom. The predicted octanol–water partition coefficient (Wildman–Crippen LogP) is 1.42. The van der Waals surface area contributed by atoms with E-state index >= 15 is 0 Å². The number of hydrogen-bond donors (Lipinski definition) is 1. The van der Waals surface area contributed by atoms with Crippen LogP contribution in [0.2, 0.25) is 0 Å². The first-order valence-electron chi connectivity index (χ1n) is 5.05. The Morgan fingerprint density at radius 1 is 1.50 bits per heavy atom. The molecule has 0 radical (unpaired) electrons. The number of thioether (sulfide) groups is 1. The van der Waals surface area contributed by atoms with Crippen molar-refractivity contribution in [2.24, 2.45) is 0 Å². The van der Waals surface area contributed by atoms with Gasteiger partial charge in [-0.2, -0.15) is 11.8 Å². The molecule has 1 rings (SSSR count). The first-order valence-corrected chi connectivity index (χ1v) is 6.27. The van der Waals surface area contributed by atoms with Crippen LogP contribution in [0.1, 0.15) is 25.7 Å². The van der Waals surface area contributed by atoms with Gasteiger partial charge in [-0.1, -0.05) is 12.8 Å². The monoisotopic (exact) mass is 217 g/mol. The zero-order valence-electron chi connectivity index (χ0n) is 8.97. The van der Waals surface area contributed by atoms with Crippen LogP contribution < -0.4 is 5.32 Å². The van der Waals surface area contributed by atoms with Crippen LogP contribution in [0.5, 0.6) is 0 Å². The van der Waals surface area contributed by atoms with E-state index in [2.05, 4.69) is 16.3 Å². The predicted molar refractivity (Wildman–Crippen MR) is 59.6 cm³/mol. The quantitative estimate of drug-likeness (QED) is 0.707. The highest BCUT2D eigenvalue weighted by Crippen LogP contribution is 2.39. The molecule has 0 atom stereocenters. The number of nitrogens with one attached hydrogen (secondary N) is 1. The smallest absolute Gasteiger partial charge is 0.319 e. The van der Waals surface area contributed by atoms with Crippen molar-refractivity contribution in [2.75, 3.05) is 26.5 Å². The molecule has 0 aromatic carbocycles. The summed E-state index contributed by atoms with van der Waals surface area (Å²) in [7, 11) is 1.42. The normalized spacial score (nSPS) is 19.6. The van der Waals surface area contributed by atoms with Crippen LogP contribution >= 0.6 is 11.8 Å². The molecule has 4 heteroatoms. The third-order valence-corrected chi connectivity index (χ3v) is 4.31. The highest BCUT2D eigenvalue weighted by molar-refractivity contribution is 8.00. The number of methoxy groups -OCH3 is 1. The van der Waals surface area contributed by atoms with Crippen molar-refractivity contribution < 1.29 is 9.53 Å².